The van der Waals surface area contributed by atoms with Crippen LogP contribution in [0.4, 0.5) is 0 Å². The van der Waals surface area contributed by atoms with E-state index in [2.05, 4.69) is 20.8 Å². The first kappa shape index (κ1) is 19.8. The Bertz CT molecular complexity index is 767. The molecule has 0 aromatic heterocycles. The minimum Gasteiger partial charge on any atom is -0.451 e. The second-order valence-corrected chi connectivity index (χ2v) is 10.5. The van der Waals surface area contributed by atoms with E-state index in [0.717, 1.165) is 32.1 Å². The fraction of sp³-hybridized carbons (Fsp3) is 0.792. The van der Waals surface area contributed by atoms with E-state index in [1.807, 2.05) is 6.08 Å². The molecule has 28 heavy (non-hydrogen) atoms. The van der Waals surface area contributed by atoms with E-state index in [4.69, 9.17) is 4.74 Å². The molecule has 0 aliphatic heterocycles. The molecule has 0 aromatic carbocycles. The SMILES string of the molecule is CC(=O)O[C@@]1(C(C)=O)CCC2C3C[C@@H](C)C4=CC(=O)CC[C@@]4(C)C3CC[C@]21C. The predicted molar refractivity (Wildman–Crippen MR) is 106 cm³/mol. The van der Waals surface area contributed by atoms with Gasteiger partial charge >= 0.3 is 5.97 Å². The molecule has 3 unspecified atom stereocenters. The van der Waals surface area contributed by atoms with E-state index in [9.17, 15) is 14.4 Å². The van der Waals surface area contributed by atoms with Crippen LogP contribution in [0.2, 0.25) is 0 Å². The van der Waals surface area contributed by atoms with Crippen LogP contribution < -0.4 is 0 Å². The van der Waals surface area contributed by atoms with E-state index in [1.54, 1.807) is 6.92 Å². The van der Waals surface area contributed by atoms with Crippen molar-refractivity contribution in [2.24, 2.45) is 34.5 Å². The lowest BCUT2D eigenvalue weighted by Crippen LogP contribution is -2.59. The van der Waals surface area contributed by atoms with E-state index < -0.39 is 5.60 Å². The normalized spacial score (nSPS) is 47.5. The van der Waals surface area contributed by atoms with Crippen LogP contribution in [-0.2, 0) is 19.1 Å². The number of rotatable bonds is 2. The summed E-state index contributed by atoms with van der Waals surface area (Å²) < 4.78 is 5.84. The van der Waals surface area contributed by atoms with Crippen molar-refractivity contribution in [1.82, 2.24) is 0 Å². The van der Waals surface area contributed by atoms with Crippen LogP contribution in [0.15, 0.2) is 11.6 Å². The van der Waals surface area contributed by atoms with Crippen LogP contribution >= 0.6 is 0 Å². The molecule has 0 aromatic rings. The van der Waals surface area contributed by atoms with E-state index in [-0.39, 0.29) is 28.4 Å². The summed E-state index contributed by atoms with van der Waals surface area (Å²) in [4.78, 5) is 36.8. The number of esters is 1. The molecule has 0 radical (unpaired) electrons. The third kappa shape index (κ3) is 2.45. The Morgan fingerprint density at radius 2 is 1.75 bits per heavy atom. The molecule has 3 fully saturated rings. The zero-order valence-electron chi connectivity index (χ0n) is 18.0. The van der Waals surface area contributed by atoms with Gasteiger partial charge in [-0.25, -0.2) is 0 Å². The number of allylic oxidation sites excluding steroid dienone is 1. The fourth-order valence-corrected chi connectivity index (χ4v) is 8.05. The van der Waals surface area contributed by atoms with Gasteiger partial charge in [0.15, 0.2) is 17.2 Å². The van der Waals surface area contributed by atoms with Crippen LogP contribution in [0.25, 0.3) is 0 Å². The standard InChI is InChI=1S/C24H34O4/c1-14-12-18-19(22(4)9-6-17(27)13-21(14)22)7-10-23(5)20(18)8-11-24(23,15(2)25)28-16(3)26/h13-14,18-20H,6-12H2,1-5H3/t14-,18?,19?,20?,22+,23-,24-/m1/s1. The van der Waals surface area contributed by atoms with Crippen molar-refractivity contribution in [3.05, 3.63) is 11.6 Å². The van der Waals surface area contributed by atoms with Crippen molar-refractivity contribution < 1.29 is 19.1 Å². The molecule has 0 bridgehead atoms. The summed E-state index contributed by atoms with van der Waals surface area (Å²) in [7, 11) is 0. The number of carbonyl (C=O) groups is 3. The van der Waals surface area contributed by atoms with Gasteiger partial charge in [-0.3, -0.25) is 14.4 Å². The Morgan fingerprint density at radius 1 is 1.07 bits per heavy atom. The van der Waals surface area contributed by atoms with Crippen LogP contribution in [0, 0.1) is 34.5 Å². The monoisotopic (exact) mass is 386 g/mol. The first-order chi connectivity index (χ1) is 13.0. The van der Waals surface area contributed by atoms with Crippen LogP contribution in [0.3, 0.4) is 0 Å². The highest BCUT2D eigenvalue weighted by molar-refractivity contribution is 5.92. The molecule has 3 saturated carbocycles. The maximum Gasteiger partial charge on any atom is 0.303 e. The van der Waals surface area contributed by atoms with Gasteiger partial charge in [0, 0.05) is 18.8 Å². The molecule has 4 aliphatic rings. The smallest absolute Gasteiger partial charge is 0.303 e. The molecule has 0 spiro atoms. The highest BCUT2D eigenvalue weighted by Crippen LogP contribution is 2.69. The van der Waals surface area contributed by atoms with Gasteiger partial charge in [-0.1, -0.05) is 26.3 Å². The van der Waals surface area contributed by atoms with Crippen LogP contribution in [-0.4, -0.2) is 23.1 Å². The van der Waals surface area contributed by atoms with Crippen molar-refractivity contribution in [2.75, 3.05) is 0 Å². The molecule has 154 valence electrons. The molecular weight excluding hydrogens is 352 g/mol. The third-order valence-corrected chi connectivity index (χ3v) is 9.29. The Balaban J connectivity index is 1.73. The Morgan fingerprint density at radius 3 is 2.39 bits per heavy atom. The summed E-state index contributed by atoms with van der Waals surface area (Å²) in [5.74, 6) is 1.82. The van der Waals surface area contributed by atoms with Gasteiger partial charge in [0.05, 0.1) is 0 Å². The zero-order valence-corrected chi connectivity index (χ0v) is 18.0. The lowest BCUT2D eigenvalue weighted by atomic mass is 9.44. The maximum atomic E-state index is 12.8. The molecule has 4 aliphatic carbocycles. The van der Waals surface area contributed by atoms with Gasteiger partial charge in [-0.05, 0) is 80.6 Å². The van der Waals surface area contributed by atoms with Gasteiger partial charge in [-0.15, -0.1) is 0 Å². The third-order valence-electron chi connectivity index (χ3n) is 9.29. The quantitative estimate of drug-likeness (QED) is 0.648. The second kappa shape index (κ2) is 6.27. The van der Waals surface area contributed by atoms with Gasteiger partial charge < -0.3 is 4.74 Å². The minimum atomic E-state index is -0.961. The topological polar surface area (TPSA) is 60.4 Å². The highest BCUT2D eigenvalue weighted by Gasteiger charge is 2.68. The van der Waals surface area contributed by atoms with E-state index in [0.29, 0.717) is 36.5 Å². The lowest BCUT2D eigenvalue weighted by Gasteiger charge is -2.60. The Labute approximate surface area is 168 Å². The number of carbonyl (C=O) groups excluding carboxylic acids is 3. The Hall–Kier alpha value is -1.45. The summed E-state index contributed by atoms with van der Waals surface area (Å²) in [6.07, 6.45) is 8.19. The molecule has 4 rings (SSSR count). The molecule has 0 heterocycles. The van der Waals surface area contributed by atoms with Crippen LogP contribution in [0.1, 0.15) is 79.6 Å². The summed E-state index contributed by atoms with van der Waals surface area (Å²) >= 11 is 0. The summed E-state index contributed by atoms with van der Waals surface area (Å²) in [5, 5.41) is 0. The zero-order chi connectivity index (χ0) is 20.5. The van der Waals surface area contributed by atoms with E-state index in [1.165, 1.54) is 12.5 Å². The summed E-state index contributed by atoms with van der Waals surface area (Å²) in [6.45, 7) is 9.87. The van der Waals surface area contributed by atoms with Crippen molar-refractivity contribution >= 4 is 17.5 Å². The van der Waals surface area contributed by atoms with Gasteiger partial charge in [0.1, 0.15) is 0 Å². The van der Waals surface area contributed by atoms with Crippen LogP contribution in [0.5, 0.6) is 0 Å². The number of Topliss-reactive ketones (excluding diaryl/α,β-unsaturated/α-hetero) is 1. The largest absolute Gasteiger partial charge is 0.451 e. The van der Waals surface area contributed by atoms with E-state index >= 15 is 0 Å². The number of hydrogen-bond donors (Lipinski definition) is 0. The minimum absolute atomic E-state index is 0.00469. The highest BCUT2D eigenvalue weighted by atomic mass is 16.6. The van der Waals surface area contributed by atoms with Crippen molar-refractivity contribution in [1.29, 1.82) is 0 Å². The van der Waals surface area contributed by atoms with Gasteiger partial charge in [0.2, 0.25) is 0 Å². The molecule has 4 heteroatoms. The lowest BCUT2D eigenvalue weighted by molar-refractivity contribution is -0.187. The number of ether oxygens (including phenoxy) is 1. The average molecular weight is 387 g/mol. The molecule has 7 atom stereocenters. The summed E-state index contributed by atoms with van der Waals surface area (Å²) in [5.41, 5.74) is 0.218. The molecule has 4 nitrogen and oxygen atoms in total. The molecule has 0 N–H and O–H groups in total. The molecule has 0 amide bonds. The predicted octanol–water partition coefficient (Wildman–Crippen LogP) is 4.66. The maximum absolute atomic E-state index is 12.8. The van der Waals surface area contributed by atoms with Crippen molar-refractivity contribution in [3.63, 3.8) is 0 Å². The number of hydrogen-bond acceptors (Lipinski definition) is 4. The van der Waals surface area contributed by atoms with Crippen molar-refractivity contribution in [3.8, 4) is 0 Å². The number of ketones is 2. The van der Waals surface area contributed by atoms with Gasteiger partial charge in [-0.2, -0.15) is 0 Å². The summed E-state index contributed by atoms with van der Waals surface area (Å²) in [6, 6.07) is 0. The molecule has 0 saturated heterocycles. The first-order valence-electron chi connectivity index (χ1n) is 11.0. The number of fused-ring (bicyclic) bond motifs is 5. The fourth-order valence-electron chi connectivity index (χ4n) is 8.05. The van der Waals surface area contributed by atoms with Gasteiger partial charge in [0.25, 0.3) is 0 Å². The second-order valence-electron chi connectivity index (χ2n) is 10.5. The average Bonchev–Trinajstić information content (AvgIpc) is 2.90. The molecular formula is C24H34O4. The van der Waals surface area contributed by atoms with Crippen molar-refractivity contribution in [2.45, 2.75) is 85.2 Å². The Kier molecular flexibility index (Phi) is 4.45. The first-order valence-corrected chi connectivity index (χ1v) is 11.0.